The van der Waals surface area contributed by atoms with Gasteiger partial charge in [0.1, 0.15) is 5.76 Å². The summed E-state index contributed by atoms with van der Waals surface area (Å²) in [5, 5.41) is 10.4. The Morgan fingerprint density at radius 3 is 2.50 bits per heavy atom. The lowest BCUT2D eigenvalue weighted by Crippen LogP contribution is -2.30. The van der Waals surface area contributed by atoms with Gasteiger partial charge in [0, 0.05) is 17.4 Å². The van der Waals surface area contributed by atoms with Crippen molar-refractivity contribution < 1.29 is 14.0 Å². The third kappa shape index (κ3) is 4.58. The molecule has 2 aromatic heterocycles. The van der Waals surface area contributed by atoms with Crippen molar-refractivity contribution >= 4 is 34.6 Å². The second-order valence-corrected chi connectivity index (χ2v) is 7.62. The van der Waals surface area contributed by atoms with Crippen LogP contribution in [-0.2, 0) is 11.2 Å². The van der Waals surface area contributed by atoms with E-state index in [0.29, 0.717) is 34.8 Å². The molecule has 1 aliphatic carbocycles. The minimum atomic E-state index is -0.206. The normalized spacial score (nSPS) is 13.2. The fourth-order valence-corrected chi connectivity index (χ4v) is 3.32. The topological polar surface area (TPSA) is 96.3 Å². The van der Waals surface area contributed by atoms with Gasteiger partial charge in [0.15, 0.2) is 0 Å². The molecule has 0 aliphatic heterocycles. The first kappa shape index (κ1) is 18.2. The molecule has 1 saturated carbocycles. The van der Waals surface area contributed by atoms with Crippen LogP contribution in [0.1, 0.15) is 24.3 Å². The maximum atomic E-state index is 12.4. The number of urea groups is 1. The van der Waals surface area contributed by atoms with E-state index < -0.39 is 0 Å². The minimum Gasteiger partial charge on any atom is -0.440 e. The highest BCUT2D eigenvalue weighted by atomic mass is 32.1. The Kier molecular flexibility index (Phi) is 5.12. The Hall–Kier alpha value is -3.13. The average molecular weight is 396 g/mol. The molecular weight excluding hydrogens is 376 g/mol. The van der Waals surface area contributed by atoms with Gasteiger partial charge in [-0.3, -0.25) is 4.79 Å². The molecule has 4 rings (SSSR count). The molecule has 0 spiro atoms. The van der Waals surface area contributed by atoms with Crippen molar-refractivity contribution in [3.8, 4) is 10.8 Å². The summed E-state index contributed by atoms with van der Waals surface area (Å²) in [6, 6.07) is 11.0. The van der Waals surface area contributed by atoms with Crippen molar-refractivity contribution in [3.63, 3.8) is 0 Å². The van der Waals surface area contributed by atoms with Gasteiger partial charge in [-0.05, 0) is 55.5 Å². The second-order valence-electron chi connectivity index (χ2n) is 6.67. The molecule has 0 bridgehead atoms. The summed E-state index contributed by atoms with van der Waals surface area (Å²) in [5.41, 5.74) is 1.94. The number of rotatable bonds is 6. The number of aryl methyl sites for hydroxylation is 1. The van der Waals surface area contributed by atoms with Crippen molar-refractivity contribution in [2.75, 3.05) is 10.6 Å². The van der Waals surface area contributed by atoms with Crippen LogP contribution in [0.15, 0.2) is 46.2 Å². The monoisotopic (exact) mass is 396 g/mol. The Bertz CT molecular complexity index is 976. The molecule has 3 amide bonds. The van der Waals surface area contributed by atoms with Crippen LogP contribution < -0.4 is 16.0 Å². The largest absolute Gasteiger partial charge is 0.440 e. The van der Waals surface area contributed by atoms with Crippen molar-refractivity contribution in [2.45, 2.75) is 32.2 Å². The summed E-state index contributed by atoms with van der Waals surface area (Å²) >= 11 is 1.54. The van der Waals surface area contributed by atoms with E-state index in [1.165, 1.54) is 0 Å². The molecule has 1 aromatic carbocycles. The van der Waals surface area contributed by atoms with E-state index in [1.807, 2.05) is 17.5 Å². The van der Waals surface area contributed by atoms with Gasteiger partial charge in [-0.1, -0.05) is 6.07 Å². The number of benzene rings is 1. The zero-order chi connectivity index (χ0) is 19.5. The van der Waals surface area contributed by atoms with Crippen LogP contribution >= 0.6 is 11.3 Å². The van der Waals surface area contributed by atoms with E-state index in [4.69, 9.17) is 4.42 Å². The molecule has 144 valence electrons. The van der Waals surface area contributed by atoms with Crippen molar-refractivity contribution in [3.05, 3.63) is 53.2 Å². The van der Waals surface area contributed by atoms with E-state index in [0.717, 1.165) is 17.7 Å². The van der Waals surface area contributed by atoms with Crippen LogP contribution in [0, 0.1) is 6.92 Å². The van der Waals surface area contributed by atoms with E-state index in [1.54, 1.807) is 42.5 Å². The minimum absolute atomic E-state index is 0.129. The summed E-state index contributed by atoms with van der Waals surface area (Å²) < 4.78 is 5.67. The highest BCUT2D eigenvalue weighted by Crippen LogP contribution is 2.26. The Labute approximate surface area is 166 Å². The highest BCUT2D eigenvalue weighted by Gasteiger charge is 2.23. The summed E-state index contributed by atoms with van der Waals surface area (Å²) in [7, 11) is 0. The first-order valence-electron chi connectivity index (χ1n) is 9.04. The van der Waals surface area contributed by atoms with E-state index in [2.05, 4.69) is 20.9 Å². The van der Waals surface area contributed by atoms with Gasteiger partial charge in [0.05, 0.1) is 17.0 Å². The summed E-state index contributed by atoms with van der Waals surface area (Å²) in [6.45, 7) is 1.81. The van der Waals surface area contributed by atoms with E-state index >= 15 is 0 Å². The molecule has 0 atom stereocenters. The Morgan fingerprint density at radius 1 is 1.14 bits per heavy atom. The third-order valence-corrected chi connectivity index (χ3v) is 5.15. The molecule has 0 radical (unpaired) electrons. The van der Waals surface area contributed by atoms with E-state index in [-0.39, 0.29) is 18.4 Å². The van der Waals surface area contributed by atoms with Crippen molar-refractivity contribution in [1.29, 1.82) is 0 Å². The number of carbonyl (C=O) groups excluding carboxylic acids is 2. The van der Waals surface area contributed by atoms with Crippen LogP contribution in [0.25, 0.3) is 10.8 Å². The van der Waals surface area contributed by atoms with Gasteiger partial charge in [0.2, 0.25) is 11.8 Å². The standard InChI is InChI=1S/C20H20N4O3S/c1-12-16(24-19(27-12)17-3-2-10-28-17)11-18(25)21-13-4-6-14(7-5-13)22-20(26)23-15-8-9-15/h2-7,10,15H,8-9,11H2,1H3,(H,21,25)(H2,22,23,26). The fraction of sp³-hybridized carbons (Fsp3) is 0.250. The lowest BCUT2D eigenvalue weighted by atomic mass is 10.2. The number of amides is 3. The molecular formula is C20H20N4O3S. The fourth-order valence-electron chi connectivity index (χ4n) is 2.67. The predicted octanol–water partition coefficient (Wildman–Crippen LogP) is 4.18. The number of oxazole rings is 1. The molecule has 0 saturated heterocycles. The van der Waals surface area contributed by atoms with Gasteiger partial charge in [-0.15, -0.1) is 11.3 Å². The van der Waals surface area contributed by atoms with E-state index in [9.17, 15) is 9.59 Å². The van der Waals surface area contributed by atoms with Gasteiger partial charge in [-0.25, -0.2) is 9.78 Å². The number of nitrogens with one attached hydrogen (secondary N) is 3. The number of hydrogen-bond donors (Lipinski definition) is 3. The third-order valence-electron chi connectivity index (χ3n) is 4.29. The number of hydrogen-bond acceptors (Lipinski definition) is 5. The zero-order valence-corrected chi connectivity index (χ0v) is 16.1. The smallest absolute Gasteiger partial charge is 0.319 e. The summed E-state index contributed by atoms with van der Waals surface area (Å²) in [5.74, 6) is 0.997. The van der Waals surface area contributed by atoms with Gasteiger partial charge in [-0.2, -0.15) is 0 Å². The second kappa shape index (κ2) is 7.85. The van der Waals surface area contributed by atoms with Crippen LogP contribution in [0.2, 0.25) is 0 Å². The first-order valence-corrected chi connectivity index (χ1v) is 9.92. The summed E-state index contributed by atoms with van der Waals surface area (Å²) in [6.07, 6.45) is 2.21. The maximum absolute atomic E-state index is 12.4. The molecule has 1 fully saturated rings. The number of thiophene rings is 1. The lowest BCUT2D eigenvalue weighted by Gasteiger charge is -2.08. The predicted molar refractivity (Wildman–Crippen MR) is 109 cm³/mol. The van der Waals surface area contributed by atoms with Gasteiger partial charge < -0.3 is 20.4 Å². The molecule has 3 N–H and O–H groups in total. The first-order chi connectivity index (χ1) is 13.6. The Balaban J connectivity index is 1.33. The van der Waals surface area contributed by atoms with Crippen LogP contribution in [-0.4, -0.2) is 23.0 Å². The number of carbonyl (C=O) groups is 2. The molecule has 0 unspecified atom stereocenters. The molecule has 7 nitrogen and oxygen atoms in total. The lowest BCUT2D eigenvalue weighted by molar-refractivity contribution is -0.115. The zero-order valence-electron chi connectivity index (χ0n) is 15.3. The van der Waals surface area contributed by atoms with Gasteiger partial charge >= 0.3 is 6.03 Å². The maximum Gasteiger partial charge on any atom is 0.319 e. The molecule has 28 heavy (non-hydrogen) atoms. The van der Waals surface area contributed by atoms with Crippen molar-refractivity contribution in [2.24, 2.45) is 0 Å². The summed E-state index contributed by atoms with van der Waals surface area (Å²) in [4.78, 5) is 29.5. The number of aromatic nitrogens is 1. The quantitative estimate of drug-likeness (QED) is 0.582. The number of anilines is 2. The van der Waals surface area contributed by atoms with Crippen LogP contribution in [0.5, 0.6) is 0 Å². The SMILES string of the molecule is Cc1oc(-c2cccs2)nc1CC(=O)Nc1ccc(NC(=O)NC2CC2)cc1. The highest BCUT2D eigenvalue weighted by molar-refractivity contribution is 7.13. The van der Waals surface area contributed by atoms with Crippen LogP contribution in [0.3, 0.4) is 0 Å². The average Bonchev–Trinajstić information content (AvgIpc) is 3.16. The molecule has 3 aromatic rings. The molecule has 8 heteroatoms. The van der Waals surface area contributed by atoms with Crippen LogP contribution in [0.4, 0.5) is 16.2 Å². The molecule has 1 aliphatic rings. The number of nitrogens with zero attached hydrogens (tertiary/aromatic N) is 1. The van der Waals surface area contributed by atoms with Crippen molar-refractivity contribution in [1.82, 2.24) is 10.3 Å². The molecule has 2 heterocycles. The Morgan fingerprint density at radius 2 is 1.86 bits per heavy atom. The van der Waals surface area contributed by atoms with Gasteiger partial charge in [0.25, 0.3) is 0 Å².